The molecule has 1 aliphatic rings. The van der Waals surface area contributed by atoms with Gasteiger partial charge in [-0.2, -0.15) is 9.78 Å². The normalized spacial score (nSPS) is 15.6. The van der Waals surface area contributed by atoms with Crippen LogP contribution in [0.25, 0.3) is 5.69 Å². The summed E-state index contributed by atoms with van der Waals surface area (Å²) in [6.07, 6.45) is 1.56. The van der Waals surface area contributed by atoms with E-state index in [4.69, 9.17) is 16.3 Å². The highest BCUT2D eigenvalue weighted by Gasteiger charge is 2.23. The van der Waals surface area contributed by atoms with Crippen LogP contribution in [0.2, 0.25) is 5.02 Å². The average Bonchev–Trinajstić information content (AvgIpc) is 3.31. The molecule has 0 saturated carbocycles. The molecule has 0 radical (unpaired) electrons. The first-order valence-electron chi connectivity index (χ1n) is 10.1. The second-order valence-electron chi connectivity index (χ2n) is 7.35. The van der Waals surface area contributed by atoms with E-state index in [1.54, 1.807) is 18.2 Å². The van der Waals surface area contributed by atoms with Crippen LogP contribution in [0.5, 0.6) is 0 Å². The summed E-state index contributed by atoms with van der Waals surface area (Å²) in [6.45, 7) is 0.482. The van der Waals surface area contributed by atoms with Crippen molar-refractivity contribution in [3.8, 4) is 5.69 Å². The number of benzene rings is 2. The number of carbonyl (C=O) groups excluding carboxylic acids is 1. The monoisotopic (exact) mass is 458 g/mol. The van der Waals surface area contributed by atoms with Crippen LogP contribution in [0.1, 0.15) is 28.9 Å². The van der Waals surface area contributed by atoms with Crippen molar-refractivity contribution in [1.82, 2.24) is 19.7 Å². The van der Waals surface area contributed by atoms with E-state index in [9.17, 15) is 18.8 Å². The number of ether oxygens (including phenoxy) is 1. The maximum atomic E-state index is 14.2. The molecule has 1 saturated heterocycles. The maximum Gasteiger partial charge on any atom is 0.352 e. The molecule has 1 aliphatic heterocycles. The van der Waals surface area contributed by atoms with Gasteiger partial charge in [0, 0.05) is 23.7 Å². The molecular formula is C22H20ClFN4O4. The molecule has 8 nitrogen and oxygen atoms in total. The number of hydrogen-bond acceptors (Lipinski definition) is 5. The Labute approximate surface area is 187 Å². The van der Waals surface area contributed by atoms with Gasteiger partial charge < -0.3 is 10.1 Å². The van der Waals surface area contributed by atoms with Crippen LogP contribution in [-0.2, 0) is 11.3 Å². The number of hydrogen-bond donors (Lipinski definition) is 1. The summed E-state index contributed by atoms with van der Waals surface area (Å²) < 4.78 is 21.4. The van der Waals surface area contributed by atoms with Gasteiger partial charge in [-0.3, -0.25) is 14.2 Å². The van der Waals surface area contributed by atoms with Crippen molar-refractivity contribution in [2.24, 2.45) is 0 Å². The zero-order valence-corrected chi connectivity index (χ0v) is 17.7. The van der Waals surface area contributed by atoms with Gasteiger partial charge in [0.25, 0.3) is 11.5 Å². The molecule has 166 valence electrons. The summed E-state index contributed by atoms with van der Waals surface area (Å²) in [5.41, 5.74) is -1.76. The van der Waals surface area contributed by atoms with E-state index in [0.717, 1.165) is 22.1 Å². The van der Waals surface area contributed by atoms with Crippen LogP contribution in [0.4, 0.5) is 4.39 Å². The Morgan fingerprint density at radius 2 is 1.94 bits per heavy atom. The Balaban J connectivity index is 1.77. The van der Waals surface area contributed by atoms with Crippen LogP contribution >= 0.6 is 11.6 Å². The third-order valence-electron chi connectivity index (χ3n) is 5.15. The van der Waals surface area contributed by atoms with Gasteiger partial charge in [0.05, 0.1) is 18.3 Å². The van der Waals surface area contributed by atoms with Crippen molar-refractivity contribution >= 4 is 17.5 Å². The number of aromatic nitrogens is 3. The second-order valence-corrected chi connectivity index (χ2v) is 7.78. The molecule has 1 unspecified atom stereocenters. The topological polar surface area (TPSA) is 95.2 Å². The Kier molecular flexibility index (Phi) is 6.48. The highest BCUT2D eigenvalue weighted by molar-refractivity contribution is 6.30. The largest absolute Gasteiger partial charge is 0.376 e. The molecule has 1 amide bonds. The summed E-state index contributed by atoms with van der Waals surface area (Å²) >= 11 is 5.92. The zero-order chi connectivity index (χ0) is 22.7. The van der Waals surface area contributed by atoms with Crippen molar-refractivity contribution in [2.75, 3.05) is 13.2 Å². The minimum atomic E-state index is -0.909. The molecule has 3 aromatic rings. The van der Waals surface area contributed by atoms with Gasteiger partial charge in [-0.05, 0) is 43.2 Å². The molecule has 0 aliphatic carbocycles. The molecule has 32 heavy (non-hydrogen) atoms. The molecule has 1 N–H and O–H groups in total. The number of nitrogens with one attached hydrogen (secondary N) is 1. The van der Waals surface area contributed by atoms with E-state index in [0.29, 0.717) is 17.3 Å². The van der Waals surface area contributed by atoms with E-state index in [2.05, 4.69) is 10.4 Å². The van der Waals surface area contributed by atoms with E-state index in [1.165, 1.54) is 30.3 Å². The predicted octanol–water partition coefficient (Wildman–Crippen LogP) is 2.14. The lowest BCUT2D eigenvalue weighted by atomic mass is 10.2. The quantitative estimate of drug-likeness (QED) is 0.610. The highest BCUT2D eigenvalue weighted by atomic mass is 35.5. The maximum absolute atomic E-state index is 14.2. The molecule has 0 spiro atoms. The molecule has 1 aromatic heterocycles. The van der Waals surface area contributed by atoms with E-state index in [1.807, 2.05) is 0 Å². The molecule has 4 rings (SSSR count). The number of halogens is 2. The van der Waals surface area contributed by atoms with Gasteiger partial charge in [-0.1, -0.05) is 29.8 Å². The standard InChI is InChI=1S/C22H20ClFN4O4/c23-15-7-9-16(10-8-15)28-22(31)27(13-14-4-1-2-6-18(14)24)21(30)19(26-28)20(29)25-12-17-5-3-11-32-17/h1-2,4,6-10,17H,3,5,11-13H2,(H,25,29). The van der Waals surface area contributed by atoms with Crippen LogP contribution < -0.4 is 16.6 Å². The van der Waals surface area contributed by atoms with E-state index < -0.39 is 28.7 Å². The van der Waals surface area contributed by atoms with Crippen LogP contribution in [-0.4, -0.2) is 39.5 Å². The molecular weight excluding hydrogens is 439 g/mol. The summed E-state index contributed by atoms with van der Waals surface area (Å²) in [7, 11) is 0. The van der Waals surface area contributed by atoms with Crippen molar-refractivity contribution in [3.05, 3.63) is 91.5 Å². The molecule has 1 fully saturated rings. The second kappa shape index (κ2) is 9.46. The van der Waals surface area contributed by atoms with Crippen LogP contribution in [0.15, 0.2) is 58.1 Å². The Morgan fingerprint density at radius 3 is 2.62 bits per heavy atom. The Bertz CT molecular complexity index is 1250. The summed E-state index contributed by atoms with van der Waals surface area (Å²) in [4.78, 5) is 38.9. The first-order valence-corrected chi connectivity index (χ1v) is 10.4. The van der Waals surface area contributed by atoms with Gasteiger partial charge in [0.2, 0.25) is 5.69 Å². The van der Waals surface area contributed by atoms with Crippen LogP contribution in [0, 0.1) is 5.82 Å². The molecule has 10 heteroatoms. The molecule has 1 atom stereocenters. The summed E-state index contributed by atoms with van der Waals surface area (Å²) in [5, 5.41) is 7.10. The first-order chi connectivity index (χ1) is 15.4. The fourth-order valence-corrected chi connectivity index (χ4v) is 3.57. The average molecular weight is 459 g/mol. The minimum Gasteiger partial charge on any atom is -0.376 e. The van der Waals surface area contributed by atoms with Gasteiger partial charge in [0.15, 0.2) is 0 Å². The smallest absolute Gasteiger partial charge is 0.352 e. The third-order valence-corrected chi connectivity index (χ3v) is 5.40. The van der Waals surface area contributed by atoms with Gasteiger partial charge in [0.1, 0.15) is 5.82 Å². The number of amides is 1. The SMILES string of the molecule is O=C(NCC1CCCO1)c1nn(-c2ccc(Cl)cc2)c(=O)n(Cc2ccccc2F)c1=O. The Morgan fingerprint density at radius 1 is 1.19 bits per heavy atom. The lowest BCUT2D eigenvalue weighted by molar-refractivity contribution is 0.0849. The predicted molar refractivity (Wildman–Crippen MR) is 116 cm³/mol. The lowest BCUT2D eigenvalue weighted by Gasteiger charge is -2.14. The third kappa shape index (κ3) is 4.63. The van der Waals surface area contributed by atoms with Crippen molar-refractivity contribution in [1.29, 1.82) is 0 Å². The van der Waals surface area contributed by atoms with Crippen molar-refractivity contribution < 1.29 is 13.9 Å². The van der Waals surface area contributed by atoms with E-state index in [-0.39, 0.29) is 24.8 Å². The zero-order valence-electron chi connectivity index (χ0n) is 17.0. The minimum absolute atomic E-state index is 0.131. The number of carbonyl (C=O) groups is 1. The highest BCUT2D eigenvalue weighted by Crippen LogP contribution is 2.12. The number of nitrogens with zero attached hydrogens (tertiary/aromatic N) is 3. The molecule has 2 aromatic carbocycles. The fourth-order valence-electron chi connectivity index (χ4n) is 3.44. The number of rotatable bonds is 6. The van der Waals surface area contributed by atoms with Gasteiger partial charge >= 0.3 is 5.69 Å². The van der Waals surface area contributed by atoms with Gasteiger partial charge in [-0.25, -0.2) is 9.18 Å². The fraction of sp³-hybridized carbons (Fsp3) is 0.273. The first kappa shape index (κ1) is 21.9. The summed E-state index contributed by atoms with van der Waals surface area (Å²) in [5.74, 6) is -1.31. The molecule has 0 bridgehead atoms. The van der Waals surface area contributed by atoms with Crippen LogP contribution in [0.3, 0.4) is 0 Å². The summed E-state index contributed by atoms with van der Waals surface area (Å²) in [6, 6.07) is 12.0. The van der Waals surface area contributed by atoms with Crippen molar-refractivity contribution in [3.63, 3.8) is 0 Å². The lowest BCUT2D eigenvalue weighted by Crippen LogP contribution is -2.46. The Hall–Kier alpha value is -3.30. The van der Waals surface area contributed by atoms with Gasteiger partial charge in [-0.15, -0.1) is 0 Å². The molecule has 2 heterocycles. The van der Waals surface area contributed by atoms with E-state index >= 15 is 0 Å². The van der Waals surface area contributed by atoms with Crippen molar-refractivity contribution in [2.45, 2.75) is 25.5 Å².